The second-order valence-corrected chi connectivity index (χ2v) is 6.28. The number of ether oxygens (including phenoxy) is 1. The van der Waals surface area contributed by atoms with Crippen molar-refractivity contribution in [2.75, 3.05) is 33.4 Å². The van der Waals surface area contributed by atoms with Crippen molar-refractivity contribution < 1.29 is 13.9 Å². The molecule has 0 N–H and O–H groups in total. The highest BCUT2D eigenvalue weighted by Crippen LogP contribution is 2.27. The van der Waals surface area contributed by atoms with E-state index in [1.807, 2.05) is 0 Å². The molecule has 5 heteroatoms. The van der Waals surface area contributed by atoms with Gasteiger partial charge in [-0.15, -0.1) is 0 Å². The van der Waals surface area contributed by atoms with E-state index in [0.29, 0.717) is 26.3 Å². The van der Waals surface area contributed by atoms with E-state index in [2.05, 4.69) is 18.7 Å². The van der Waals surface area contributed by atoms with E-state index >= 15 is 0 Å². The maximum absolute atomic E-state index is 13.0. The van der Waals surface area contributed by atoms with Gasteiger partial charge in [-0.3, -0.25) is 9.69 Å². The van der Waals surface area contributed by atoms with Gasteiger partial charge >= 0.3 is 0 Å². The fourth-order valence-corrected chi connectivity index (χ4v) is 3.15. The third-order valence-corrected chi connectivity index (χ3v) is 4.95. The van der Waals surface area contributed by atoms with Gasteiger partial charge in [-0.25, -0.2) is 4.39 Å². The Morgan fingerprint density at radius 1 is 1.30 bits per heavy atom. The molecule has 0 bridgehead atoms. The van der Waals surface area contributed by atoms with Crippen molar-refractivity contribution in [1.82, 2.24) is 9.80 Å². The molecule has 1 aromatic rings. The van der Waals surface area contributed by atoms with Gasteiger partial charge < -0.3 is 9.64 Å². The van der Waals surface area contributed by atoms with E-state index in [0.717, 1.165) is 24.9 Å². The molecular formula is C18H27FN2O2. The average Bonchev–Trinajstić information content (AvgIpc) is 2.57. The maximum Gasteiger partial charge on any atom is 0.236 e. The summed E-state index contributed by atoms with van der Waals surface area (Å²) >= 11 is 0. The smallest absolute Gasteiger partial charge is 0.236 e. The first-order chi connectivity index (χ1) is 11.0. The molecular weight excluding hydrogens is 295 g/mol. The molecule has 1 amide bonds. The number of rotatable bonds is 6. The minimum Gasteiger partial charge on any atom is -0.378 e. The Bertz CT molecular complexity index is 514. The lowest BCUT2D eigenvalue weighted by molar-refractivity contribution is -0.138. The van der Waals surface area contributed by atoms with E-state index in [9.17, 15) is 9.18 Å². The Balaban J connectivity index is 1.97. The highest BCUT2D eigenvalue weighted by Gasteiger charge is 2.37. The van der Waals surface area contributed by atoms with Gasteiger partial charge in [-0.2, -0.15) is 0 Å². The van der Waals surface area contributed by atoms with Crippen LogP contribution in [0.15, 0.2) is 24.3 Å². The molecule has 0 aromatic heterocycles. The third-order valence-electron chi connectivity index (χ3n) is 4.95. The molecule has 0 unspecified atom stereocenters. The normalized spacial score (nSPS) is 17.9. The molecule has 0 spiro atoms. The molecule has 1 fully saturated rings. The second-order valence-electron chi connectivity index (χ2n) is 6.28. The van der Waals surface area contributed by atoms with Gasteiger partial charge in [0.2, 0.25) is 5.91 Å². The number of halogens is 1. The summed E-state index contributed by atoms with van der Waals surface area (Å²) in [6.07, 6.45) is 1.94. The van der Waals surface area contributed by atoms with Gasteiger partial charge in [0.25, 0.3) is 0 Å². The van der Waals surface area contributed by atoms with Crippen molar-refractivity contribution in [1.29, 1.82) is 0 Å². The number of carbonyl (C=O) groups excluding carboxylic acids is 1. The first kappa shape index (κ1) is 17.9. The minimum absolute atomic E-state index is 0.0371. The number of hydrogen-bond donors (Lipinski definition) is 0. The average molecular weight is 322 g/mol. The van der Waals surface area contributed by atoms with Crippen LogP contribution in [-0.2, 0) is 16.1 Å². The van der Waals surface area contributed by atoms with Gasteiger partial charge in [0.05, 0.1) is 19.8 Å². The summed E-state index contributed by atoms with van der Waals surface area (Å²) in [6.45, 7) is 7.36. The van der Waals surface area contributed by atoms with Crippen LogP contribution in [0.3, 0.4) is 0 Å². The second kappa shape index (κ2) is 7.88. The van der Waals surface area contributed by atoms with Crippen molar-refractivity contribution in [2.24, 2.45) is 0 Å². The molecule has 0 saturated carbocycles. The molecule has 0 atom stereocenters. The predicted molar refractivity (Wildman–Crippen MR) is 88.6 cm³/mol. The monoisotopic (exact) mass is 322 g/mol. The summed E-state index contributed by atoms with van der Waals surface area (Å²) in [5, 5.41) is 0. The number of carbonyl (C=O) groups is 1. The van der Waals surface area contributed by atoms with Crippen LogP contribution in [0.2, 0.25) is 0 Å². The van der Waals surface area contributed by atoms with E-state index in [4.69, 9.17) is 4.74 Å². The standard InChI is InChI=1S/C18H27FN2O2/c1-4-18(5-2)14-23-11-10-21(18)13-17(22)20(3)12-15-6-8-16(19)9-7-15/h6-9H,4-5,10-14H2,1-3H3. The van der Waals surface area contributed by atoms with Gasteiger partial charge in [0.1, 0.15) is 5.82 Å². The number of nitrogens with zero attached hydrogens (tertiary/aromatic N) is 2. The zero-order chi connectivity index (χ0) is 16.9. The Kier molecular flexibility index (Phi) is 6.13. The number of benzene rings is 1. The van der Waals surface area contributed by atoms with Crippen molar-refractivity contribution >= 4 is 5.91 Å². The van der Waals surface area contributed by atoms with E-state index in [-0.39, 0.29) is 17.3 Å². The number of likely N-dealkylation sites (N-methyl/N-ethyl adjacent to an activating group) is 1. The third kappa shape index (κ3) is 4.30. The summed E-state index contributed by atoms with van der Waals surface area (Å²) in [6, 6.07) is 6.29. The minimum atomic E-state index is -0.258. The Hall–Kier alpha value is -1.46. The first-order valence-corrected chi connectivity index (χ1v) is 8.32. The van der Waals surface area contributed by atoms with Crippen LogP contribution >= 0.6 is 0 Å². The summed E-state index contributed by atoms with van der Waals surface area (Å²) in [5.74, 6) is -0.172. The van der Waals surface area contributed by atoms with E-state index in [1.165, 1.54) is 12.1 Å². The van der Waals surface area contributed by atoms with Gasteiger partial charge in [0.15, 0.2) is 0 Å². The predicted octanol–water partition coefficient (Wildman–Crippen LogP) is 2.68. The molecule has 1 saturated heterocycles. The molecule has 4 nitrogen and oxygen atoms in total. The van der Waals surface area contributed by atoms with Crippen LogP contribution in [0, 0.1) is 5.82 Å². The molecule has 128 valence electrons. The summed E-state index contributed by atoms with van der Waals surface area (Å²) < 4.78 is 18.6. The molecule has 0 radical (unpaired) electrons. The highest BCUT2D eigenvalue weighted by molar-refractivity contribution is 5.78. The quantitative estimate of drug-likeness (QED) is 0.807. The Labute approximate surface area is 138 Å². The summed E-state index contributed by atoms with van der Waals surface area (Å²) in [4.78, 5) is 16.5. The van der Waals surface area contributed by atoms with Crippen LogP contribution in [0.25, 0.3) is 0 Å². The number of amides is 1. The molecule has 2 rings (SSSR count). The molecule has 23 heavy (non-hydrogen) atoms. The van der Waals surface area contributed by atoms with Gasteiger partial charge in [-0.05, 0) is 30.5 Å². The van der Waals surface area contributed by atoms with Crippen molar-refractivity contribution in [3.63, 3.8) is 0 Å². The highest BCUT2D eigenvalue weighted by atomic mass is 19.1. The van der Waals surface area contributed by atoms with Crippen LogP contribution in [0.5, 0.6) is 0 Å². The van der Waals surface area contributed by atoms with Crippen molar-refractivity contribution in [3.05, 3.63) is 35.6 Å². The molecule has 1 aliphatic rings. The van der Waals surface area contributed by atoms with Crippen LogP contribution in [0.1, 0.15) is 32.3 Å². The fraction of sp³-hybridized carbons (Fsp3) is 0.611. The lowest BCUT2D eigenvalue weighted by atomic mass is 9.90. The van der Waals surface area contributed by atoms with Gasteiger partial charge in [-0.1, -0.05) is 26.0 Å². The van der Waals surface area contributed by atoms with Crippen LogP contribution in [0.4, 0.5) is 4.39 Å². The van der Waals surface area contributed by atoms with Crippen LogP contribution < -0.4 is 0 Å². The zero-order valence-electron chi connectivity index (χ0n) is 14.3. The molecule has 0 aliphatic carbocycles. The lowest BCUT2D eigenvalue weighted by Crippen LogP contribution is -2.58. The van der Waals surface area contributed by atoms with Gasteiger partial charge in [0, 0.05) is 25.7 Å². The first-order valence-electron chi connectivity index (χ1n) is 8.32. The maximum atomic E-state index is 13.0. The molecule has 1 heterocycles. The zero-order valence-corrected chi connectivity index (χ0v) is 14.3. The lowest BCUT2D eigenvalue weighted by Gasteiger charge is -2.46. The molecule has 1 aliphatic heterocycles. The Morgan fingerprint density at radius 2 is 1.96 bits per heavy atom. The van der Waals surface area contributed by atoms with E-state index in [1.54, 1.807) is 24.1 Å². The Morgan fingerprint density at radius 3 is 2.57 bits per heavy atom. The largest absolute Gasteiger partial charge is 0.378 e. The fourth-order valence-electron chi connectivity index (χ4n) is 3.15. The number of morpholine rings is 1. The van der Waals surface area contributed by atoms with Crippen molar-refractivity contribution in [2.45, 2.75) is 38.8 Å². The summed E-state index contributed by atoms with van der Waals surface area (Å²) in [7, 11) is 1.80. The molecule has 1 aromatic carbocycles. The van der Waals surface area contributed by atoms with Crippen LogP contribution in [-0.4, -0.2) is 54.6 Å². The van der Waals surface area contributed by atoms with E-state index < -0.39 is 0 Å². The SMILES string of the molecule is CCC1(CC)COCCN1CC(=O)N(C)Cc1ccc(F)cc1. The van der Waals surface area contributed by atoms with Crippen molar-refractivity contribution in [3.8, 4) is 0 Å². The topological polar surface area (TPSA) is 32.8 Å². The number of hydrogen-bond acceptors (Lipinski definition) is 3. The summed E-state index contributed by atoms with van der Waals surface area (Å²) in [5.41, 5.74) is 0.895.